The Hall–Kier alpha value is -3.81. The zero-order valence-corrected chi connectivity index (χ0v) is 26.8. The lowest BCUT2D eigenvalue weighted by atomic mass is 9.90. The molecule has 4 atom stereocenters. The smallest absolute Gasteiger partial charge is 0.287 e. The van der Waals surface area contributed by atoms with E-state index in [9.17, 15) is 19.2 Å². The summed E-state index contributed by atoms with van der Waals surface area (Å²) in [6.45, 7) is 6.11. The normalized spacial score (nSPS) is 22.1. The topological polar surface area (TPSA) is 179 Å². The molecule has 0 spiro atoms. The molecule has 5 rings (SSSR count). The van der Waals surface area contributed by atoms with E-state index < -0.39 is 41.3 Å². The highest BCUT2D eigenvalue weighted by molar-refractivity contribution is 5.99. The Morgan fingerprint density at radius 1 is 1.07 bits per heavy atom. The molecule has 250 valence electrons. The standard InChI is InChI=1S/C33H45N5O8/c1-20-27(28(30(34)40)46-37-20)24(18-38-12-14-44-15-13-38)31(41)36-26(17-22-8-10-23(43-3)11-9-22)32(42)35-25(16-21-6-4-5-7-21)29(39)33(2)19-45-33/h8-11,21,24-26H,4-7,12-19H2,1-3H3,(H2,34,40)(H,35,42)(H,36,41)/t24-,25+,26+,33-/m1/s1. The number of nitrogens with one attached hydrogen (secondary N) is 2. The summed E-state index contributed by atoms with van der Waals surface area (Å²) < 4.78 is 21.5. The molecule has 3 fully saturated rings. The molecule has 46 heavy (non-hydrogen) atoms. The van der Waals surface area contributed by atoms with Gasteiger partial charge in [0, 0.05) is 31.6 Å². The van der Waals surface area contributed by atoms with Crippen LogP contribution in [0.1, 0.15) is 72.3 Å². The fourth-order valence-electron chi connectivity index (χ4n) is 6.49. The first-order valence-corrected chi connectivity index (χ1v) is 16.1. The Labute approximate surface area is 268 Å². The SMILES string of the molecule is COc1ccc(C[C@H](NC(=O)[C@H](CN2CCOCC2)c2c(C)noc2C(N)=O)C(=O)N[C@@H](CC2CCCC2)C(=O)[C@@]2(C)CO2)cc1. The van der Waals surface area contributed by atoms with E-state index in [2.05, 4.69) is 20.7 Å². The molecular formula is C33H45N5O8. The fourth-order valence-corrected chi connectivity index (χ4v) is 6.49. The van der Waals surface area contributed by atoms with Crippen LogP contribution < -0.4 is 21.1 Å². The van der Waals surface area contributed by atoms with Gasteiger partial charge >= 0.3 is 0 Å². The van der Waals surface area contributed by atoms with Crippen LogP contribution in [0.25, 0.3) is 0 Å². The number of aryl methyl sites for hydroxylation is 1. The van der Waals surface area contributed by atoms with Gasteiger partial charge in [-0.2, -0.15) is 0 Å². The number of hydrogen-bond acceptors (Lipinski definition) is 10. The van der Waals surface area contributed by atoms with Crippen LogP contribution in [-0.4, -0.2) is 97.8 Å². The van der Waals surface area contributed by atoms with Crippen LogP contribution in [0.2, 0.25) is 0 Å². The van der Waals surface area contributed by atoms with Crippen molar-refractivity contribution in [1.29, 1.82) is 0 Å². The van der Waals surface area contributed by atoms with Crippen LogP contribution in [0, 0.1) is 12.8 Å². The lowest BCUT2D eigenvalue weighted by molar-refractivity contribution is -0.133. The zero-order valence-electron chi connectivity index (χ0n) is 26.8. The van der Waals surface area contributed by atoms with Crippen LogP contribution in [0.15, 0.2) is 28.8 Å². The van der Waals surface area contributed by atoms with Gasteiger partial charge in [-0.3, -0.25) is 24.1 Å². The second-order valence-corrected chi connectivity index (χ2v) is 12.8. The summed E-state index contributed by atoms with van der Waals surface area (Å²) >= 11 is 0. The maximum Gasteiger partial charge on any atom is 0.287 e. The number of ether oxygens (including phenoxy) is 3. The molecule has 2 aromatic rings. The summed E-state index contributed by atoms with van der Waals surface area (Å²) in [6, 6.07) is 5.43. The van der Waals surface area contributed by atoms with E-state index in [1.54, 1.807) is 33.1 Å². The minimum atomic E-state index is -1.04. The summed E-state index contributed by atoms with van der Waals surface area (Å²) in [5.74, 6) is -2.11. The van der Waals surface area contributed by atoms with Crippen molar-refractivity contribution in [2.24, 2.45) is 11.7 Å². The quantitative estimate of drug-likeness (QED) is 0.243. The number of carbonyl (C=O) groups is 4. The van der Waals surface area contributed by atoms with Crippen LogP contribution in [0.3, 0.4) is 0 Å². The predicted octanol–water partition coefficient (Wildman–Crippen LogP) is 1.66. The van der Waals surface area contributed by atoms with Crippen molar-refractivity contribution in [2.75, 3.05) is 46.6 Å². The lowest BCUT2D eigenvalue weighted by Gasteiger charge is -2.31. The number of carbonyl (C=O) groups excluding carboxylic acids is 4. The van der Waals surface area contributed by atoms with Gasteiger partial charge in [-0.15, -0.1) is 0 Å². The van der Waals surface area contributed by atoms with Crippen molar-refractivity contribution in [3.8, 4) is 5.75 Å². The molecule has 13 heteroatoms. The number of ketones is 1. The highest BCUT2D eigenvalue weighted by atomic mass is 16.6. The van der Waals surface area contributed by atoms with Crippen LogP contribution in [0.5, 0.6) is 5.75 Å². The minimum Gasteiger partial charge on any atom is -0.497 e. The van der Waals surface area contributed by atoms with E-state index >= 15 is 0 Å². The Kier molecular flexibility index (Phi) is 10.7. The third-order valence-corrected chi connectivity index (χ3v) is 9.35. The van der Waals surface area contributed by atoms with Gasteiger partial charge in [-0.25, -0.2) is 0 Å². The third kappa shape index (κ3) is 8.12. The number of rotatable bonds is 15. The molecule has 0 bridgehead atoms. The number of aromatic nitrogens is 1. The second-order valence-electron chi connectivity index (χ2n) is 12.8. The number of epoxide rings is 1. The number of benzene rings is 1. The summed E-state index contributed by atoms with van der Waals surface area (Å²) in [7, 11) is 1.57. The largest absolute Gasteiger partial charge is 0.497 e. The Bertz CT molecular complexity index is 1390. The molecule has 2 aliphatic heterocycles. The monoisotopic (exact) mass is 639 g/mol. The van der Waals surface area contributed by atoms with Crippen molar-refractivity contribution in [2.45, 2.75) is 76.0 Å². The van der Waals surface area contributed by atoms with Crippen molar-refractivity contribution in [1.82, 2.24) is 20.7 Å². The Morgan fingerprint density at radius 3 is 2.33 bits per heavy atom. The molecule has 3 amide bonds. The van der Waals surface area contributed by atoms with E-state index in [0.717, 1.165) is 31.2 Å². The van der Waals surface area contributed by atoms with Gasteiger partial charge in [0.25, 0.3) is 5.91 Å². The Balaban J connectivity index is 1.42. The molecule has 2 saturated heterocycles. The maximum absolute atomic E-state index is 14.2. The highest BCUT2D eigenvalue weighted by Gasteiger charge is 2.50. The number of morpholine rings is 1. The summed E-state index contributed by atoms with van der Waals surface area (Å²) in [6.07, 6.45) is 4.88. The molecule has 1 saturated carbocycles. The number of nitrogens with two attached hydrogens (primary N) is 1. The van der Waals surface area contributed by atoms with E-state index in [4.69, 9.17) is 24.5 Å². The minimum absolute atomic E-state index is 0.148. The molecule has 4 N–H and O–H groups in total. The van der Waals surface area contributed by atoms with Crippen LogP contribution in [0.4, 0.5) is 0 Å². The van der Waals surface area contributed by atoms with Gasteiger partial charge < -0.3 is 35.1 Å². The number of primary amides is 1. The third-order valence-electron chi connectivity index (χ3n) is 9.35. The maximum atomic E-state index is 14.2. The number of methoxy groups -OCH3 is 1. The average Bonchev–Trinajstić information content (AvgIpc) is 3.40. The first kappa shape index (κ1) is 33.6. The van der Waals surface area contributed by atoms with Gasteiger partial charge in [0.2, 0.25) is 17.6 Å². The molecule has 1 aliphatic carbocycles. The predicted molar refractivity (Wildman–Crippen MR) is 166 cm³/mol. The molecule has 0 unspecified atom stereocenters. The number of Topliss-reactive ketones (excluding diaryl/α,β-unsaturated/α-hetero) is 1. The molecule has 1 aromatic carbocycles. The Morgan fingerprint density at radius 2 is 1.72 bits per heavy atom. The second kappa shape index (κ2) is 14.7. The van der Waals surface area contributed by atoms with Gasteiger partial charge in [0.1, 0.15) is 17.4 Å². The van der Waals surface area contributed by atoms with Gasteiger partial charge in [-0.05, 0) is 43.9 Å². The summed E-state index contributed by atoms with van der Waals surface area (Å²) in [5.41, 5.74) is 6.12. The highest BCUT2D eigenvalue weighted by Crippen LogP contribution is 2.34. The lowest BCUT2D eigenvalue weighted by Crippen LogP contribution is -2.55. The van der Waals surface area contributed by atoms with Gasteiger partial charge in [-0.1, -0.05) is 43.0 Å². The van der Waals surface area contributed by atoms with Crippen LogP contribution >= 0.6 is 0 Å². The van der Waals surface area contributed by atoms with Crippen molar-refractivity contribution in [3.63, 3.8) is 0 Å². The van der Waals surface area contributed by atoms with Gasteiger partial charge in [0.15, 0.2) is 5.78 Å². The molecule has 1 aromatic heterocycles. The molecule has 13 nitrogen and oxygen atoms in total. The van der Waals surface area contributed by atoms with E-state index in [0.29, 0.717) is 56.7 Å². The number of nitrogens with zero attached hydrogens (tertiary/aromatic N) is 2. The molecule has 3 heterocycles. The molecular weight excluding hydrogens is 594 g/mol. The van der Waals surface area contributed by atoms with E-state index in [-0.39, 0.29) is 30.1 Å². The number of amides is 3. The zero-order chi connectivity index (χ0) is 32.8. The van der Waals surface area contributed by atoms with Gasteiger partial charge in [0.05, 0.1) is 44.6 Å². The molecule has 3 aliphatic rings. The number of hydrogen-bond donors (Lipinski definition) is 3. The van der Waals surface area contributed by atoms with Crippen molar-refractivity contribution >= 4 is 23.5 Å². The van der Waals surface area contributed by atoms with Crippen LogP contribution in [-0.2, 0) is 30.3 Å². The summed E-state index contributed by atoms with van der Waals surface area (Å²) in [4.78, 5) is 56.2. The molecule has 0 radical (unpaired) electrons. The van der Waals surface area contributed by atoms with Crippen molar-refractivity contribution in [3.05, 3.63) is 46.8 Å². The van der Waals surface area contributed by atoms with E-state index in [1.165, 1.54) is 0 Å². The first-order valence-electron chi connectivity index (χ1n) is 16.1. The fraction of sp³-hybridized carbons (Fsp3) is 0.606. The van der Waals surface area contributed by atoms with Crippen molar-refractivity contribution < 1.29 is 37.9 Å². The average molecular weight is 640 g/mol. The van der Waals surface area contributed by atoms with E-state index in [1.807, 2.05) is 12.1 Å². The first-order chi connectivity index (χ1) is 22.1. The summed E-state index contributed by atoms with van der Waals surface area (Å²) in [5, 5.41) is 9.88.